The second kappa shape index (κ2) is 5.28. The van der Waals surface area contributed by atoms with Gasteiger partial charge >= 0.3 is 0 Å². The molecule has 0 saturated carbocycles. The lowest BCUT2D eigenvalue weighted by Gasteiger charge is -2.02. The van der Waals surface area contributed by atoms with Crippen LogP contribution in [0, 0.1) is 0 Å². The molecular weight excluding hydrogens is 133 g/mol. The van der Waals surface area contributed by atoms with Gasteiger partial charge < -0.3 is 23.2 Å². The monoisotopic (exact) mass is 143 g/mol. The average molecular weight is 144 g/mol. The molecule has 0 aromatic rings. The van der Waals surface area contributed by atoms with Gasteiger partial charge in [0.1, 0.15) is 6.04 Å². The van der Waals surface area contributed by atoms with Crippen molar-refractivity contribution < 1.29 is 27.6 Å². The number of hydrogen-bond acceptors (Lipinski definition) is 1. The Morgan fingerprint density at radius 2 is 2.12 bits per heavy atom. The van der Waals surface area contributed by atoms with E-state index < -0.39 is 12.2 Å². The van der Waals surface area contributed by atoms with Crippen molar-refractivity contribution in [2.75, 3.05) is 6.61 Å². The van der Waals surface area contributed by atoms with Crippen molar-refractivity contribution in [3.8, 4) is 0 Å². The van der Waals surface area contributed by atoms with Gasteiger partial charge in [-0.2, -0.15) is 0 Å². The fraction of sp³-hybridized carbons (Fsp3) is 1.00. The van der Waals surface area contributed by atoms with Gasteiger partial charge in [-0.3, -0.25) is 0 Å². The molecule has 0 fully saturated rings. The lowest BCUT2D eigenvalue weighted by molar-refractivity contribution is -0.436. The molecule has 0 heterocycles. The van der Waals surface area contributed by atoms with Gasteiger partial charge in [-0.25, -0.2) is 4.39 Å². The zero-order chi connectivity index (χ0) is 5.86. The van der Waals surface area contributed by atoms with Crippen LogP contribution >= 0.6 is 0 Å². The number of alkyl halides is 1. The minimum Gasteiger partial charge on any atom is -1.00 e. The van der Waals surface area contributed by atoms with E-state index in [9.17, 15) is 4.39 Å². The molecule has 0 spiro atoms. The maximum Gasteiger partial charge on any atom is 0.151 e. The van der Waals surface area contributed by atoms with Crippen LogP contribution in [0.15, 0.2) is 0 Å². The highest BCUT2D eigenvalue weighted by molar-refractivity contribution is 4.56. The third-order valence-electron chi connectivity index (χ3n) is 0.884. The van der Waals surface area contributed by atoms with Crippen molar-refractivity contribution in [3.63, 3.8) is 0 Å². The highest BCUT2D eigenvalue weighted by Crippen LogP contribution is 1.88. The van der Waals surface area contributed by atoms with Crippen molar-refractivity contribution in [1.29, 1.82) is 0 Å². The second-order valence-corrected chi connectivity index (χ2v) is 1.62. The van der Waals surface area contributed by atoms with E-state index in [0.717, 1.165) is 0 Å². The van der Waals surface area contributed by atoms with Crippen LogP contribution in [0.2, 0.25) is 0 Å². The average Bonchev–Trinajstić information content (AvgIpc) is 1.65. The van der Waals surface area contributed by atoms with Gasteiger partial charge in [0.25, 0.3) is 0 Å². The molecule has 0 radical (unpaired) electrons. The van der Waals surface area contributed by atoms with E-state index in [1.165, 1.54) is 6.92 Å². The summed E-state index contributed by atoms with van der Waals surface area (Å²) in [5, 5.41) is 8.20. The quantitative estimate of drug-likeness (QED) is 0.406. The molecule has 0 bridgehead atoms. The fourth-order valence-electron chi connectivity index (χ4n) is 0.145. The molecule has 0 aromatic heterocycles. The lowest BCUT2D eigenvalue weighted by atomic mass is 10.2. The molecule has 0 aliphatic carbocycles. The first-order valence-electron chi connectivity index (χ1n) is 2.26. The number of halogens is 2. The third kappa shape index (κ3) is 4.30. The van der Waals surface area contributed by atoms with Crippen molar-refractivity contribution >= 4 is 0 Å². The summed E-state index contributed by atoms with van der Waals surface area (Å²) in [4.78, 5) is 0. The zero-order valence-electron chi connectivity index (χ0n) is 4.77. The molecule has 0 rings (SSSR count). The summed E-state index contributed by atoms with van der Waals surface area (Å²) in [7, 11) is 0. The first kappa shape index (κ1) is 11.0. The molecule has 8 heavy (non-hydrogen) atoms. The van der Waals surface area contributed by atoms with Crippen LogP contribution in [0.5, 0.6) is 0 Å². The summed E-state index contributed by atoms with van der Waals surface area (Å²) in [6, 6.07) is -0.458. The van der Waals surface area contributed by atoms with Gasteiger partial charge in [-0.1, -0.05) is 0 Å². The smallest absolute Gasteiger partial charge is 0.151 e. The predicted molar refractivity (Wildman–Crippen MR) is 24.3 cm³/mol. The number of quaternary nitrogens is 1. The molecule has 0 amide bonds. The van der Waals surface area contributed by atoms with E-state index in [1.54, 1.807) is 0 Å². The summed E-state index contributed by atoms with van der Waals surface area (Å²) in [6.07, 6.45) is -0.995. The Balaban J connectivity index is 0. The largest absolute Gasteiger partial charge is 1.00 e. The molecule has 2 atom stereocenters. The standard InChI is InChI=1S/C4H10FNO.ClH/c1-3(5)4(6)2-7;/h3-4,7H,2,6H2,1H3;1H/t3?,4-;/m0./s1. The van der Waals surface area contributed by atoms with Gasteiger partial charge in [0.15, 0.2) is 6.17 Å². The molecule has 0 aliphatic heterocycles. The highest BCUT2D eigenvalue weighted by atomic mass is 35.5. The van der Waals surface area contributed by atoms with Crippen molar-refractivity contribution in [2.24, 2.45) is 0 Å². The maximum absolute atomic E-state index is 11.9. The number of aliphatic hydroxyl groups excluding tert-OH is 1. The molecule has 4 N–H and O–H groups in total. The lowest BCUT2D eigenvalue weighted by Crippen LogP contribution is -3.00. The minimum atomic E-state index is -0.995. The van der Waals surface area contributed by atoms with Crippen LogP contribution in [0.4, 0.5) is 4.39 Å². The minimum absolute atomic E-state index is 0. The van der Waals surface area contributed by atoms with Crippen LogP contribution in [0.3, 0.4) is 0 Å². The molecular formula is C4H11ClFNO. The van der Waals surface area contributed by atoms with Crippen molar-refractivity contribution in [2.45, 2.75) is 19.1 Å². The van der Waals surface area contributed by atoms with Gasteiger partial charge in [0.05, 0.1) is 6.61 Å². The second-order valence-electron chi connectivity index (χ2n) is 1.62. The summed E-state index contributed by atoms with van der Waals surface area (Å²) in [5.74, 6) is 0. The summed E-state index contributed by atoms with van der Waals surface area (Å²) >= 11 is 0. The number of aliphatic hydroxyl groups is 1. The molecule has 4 heteroatoms. The van der Waals surface area contributed by atoms with E-state index in [0.29, 0.717) is 0 Å². The summed E-state index contributed by atoms with van der Waals surface area (Å²) < 4.78 is 11.9. The highest BCUT2D eigenvalue weighted by Gasteiger charge is 2.11. The summed E-state index contributed by atoms with van der Waals surface area (Å²) in [5.41, 5.74) is 3.33. The van der Waals surface area contributed by atoms with Gasteiger partial charge in [0, 0.05) is 0 Å². The first-order valence-corrected chi connectivity index (χ1v) is 2.26. The maximum atomic E-state index is 11.9. The Morgan fingerprint density at radius 1 is 1.75 bits per heavy atom. The van der Waals surface area contributed by atoms with Gasteiger partial charge in [0.2, 0.25) is 0 Å². The predicted octanol–water partition coefficient (Wildman–Crippen LogP) is -4.05. The van der Waals surface area contributed by atoms with Crippen LogP contribution in [0.1, 0.15) is 6.92 Å². The van der Waals surface area contributed by atoms with Crippen LogP contribution in [-0.4, -0.2) is 23.9 Å². The Bertz CT molecular complexity index is 53.3. The SMILES string of the molecule is CC(F)[C@@H]([NH3+])CO.[Cl-]. The topological polar surface area (TPSA) is 47.9 Å². The number of hydrogen-bond donors (Lipinski definition) is 2. The molecule has 0 aliphatic rings. The normalized spacial score (nSPS) is 16.5. The van der Waals surface area contributed by atoms with Crippen LogP contribution in [-0.2, 0) is 0 Å². The Hall–Kier alpha value is 0.140. The van der Waals surface area contributed by atoms with E-state index in [4.69, 9.17) is 5.11 Å². The molecule has 2 nitrogen and oxygen atoms in total. The van der Waals surface area contributed by atoms with Gasteiger partial charge in [-0.15, -0.1) is 0 Å². The van der Waals surface area contributed by atoms with Crippen LogP contribution in [0.25, 0.3) is 0 Å². The molecule has 0 aromatic carbocycles. The number of rotatable bonds is 2. The van der Waals surface area contributed by atoms with Crippen molar-refractivity contribution in [1.82, 2.24) is 0 Å². The Kier molecular flexibility index (Phi) is 7.26. The third-order valence-corrected chi connectivity index (χ3v) is 0.884. The van der Waals surface area contributed by atoms with E-state index >= 15 is 0 Å². The van der Waals surface area contributed by atoms with E-state index in [-0.39, 0.29) is 19.0 Å². The zero-order valence-corrected chi connectivity index (χ0v) is 5.53. The van der Waals surface area contributed by atoms with Crippen molar-refractivity contribution in [3.05, 3.63) is 0 Å². The van der Waals surface area contributed by atoms with E-state index in [2.05, 4.69) is 5.73 Å². The Labute approximate surface area is 54.3 Å². The molecule has 52 valence electrons. The van der Waals surface area contributed by atoms with E-state index in [1.807, 2.05) is 0 Å². The molecule has 1 unspecified atom stereocenters. The van der Waals surface area contributed by atoms with Gasteiger partial charge in [-0.05, 0) is 6.92 Å². The summed E-state index contributed by atoms with van der Waals surface area (Å²) in [6.45, 7) is 1.21. The van der Waals surface area contributed by atoms with Crippen LogP contribution < -0.4 is 18.1 Å². The first-order chi connectivity index (χ1) is 3.18. The molecule has 0 saturated heterocycles. The fourth-order valence-corrected chi connectivity index (χ4v) is 0.145. The Morgan fingerprint density at radius 3 is 2.12 bits per heavy atom.